The molecule has 0 aromatic rings. The van der Waals surface area contributed by atoms with E-state index in [4.69, 9.17) is 0 Å². The first kappa shape index (κ1) is 6.35. The Hall–Kier alpha value is -0.370. The molecule has 0 amide bonds. The molecular weight excluding hydrogens is 142 g/mol. The Kier molecular flexibility index (Phi) is 1.72. The quantitative estimate of drug-likeness (QED) is 0.569. The standard InChI is InChI=1S/C8H11NS/c1-4-9-5-2-8-7(1)3-6-10-8/h2-3,5-9H,1,4H2. The zero-order valence-corrected chi connectivity index (χ0v) is 6.60. The highest BCUT2D eigenvalue weighted by Gasteiger charge is 2.21. The van der Waals surface area contributed by atoms with Crippen molar-refractivity contribution >= 4 is 11.8 Å². The van der Waals surface area contributed by atoms with E-state index in [0.29, 0.717) is 0 Å². The van der Waals surface area contributed by atoms with Crippen LogP contribution in [0.1, 0.15) is 6.42 Å². The zero-order chi connectivity index (χ0) is 6.81. The predicted molar refractivity (Wildman–Crippen MR) is 45.8 cm³/mol. The van der Waals surface area contributed by atoms with Gasteiger partial charge >= 0.3 is 0 Å². The van der Waals surface area contributed by atoms with E-state index >= 15 is 0 Å². The molecule has 1 N–H and O–H groups in total. The lowest BCUT2D eigenvalue weighted by molar-refractivity contribution is 0.617. The van der Waals surface area contributed by atoms with Gasteiger partial charge in [0.05, 0.1) is 0 Å². The average molecular weight is 153 g/mol. The lowest BCUT2D eigenvalue weighted by atomic mass is 10.0. The number of hydrogen-bond acceptors (Lipinski definition) is 2. The van der Waals surface area contributed by atoms with Crippen molar-refractivity contribution in [2.75, 3.05) is 6.54 Å². The third-order valence-electron chi connectivity index (χ3n) is 2.01. The second-order valence-electron chi connectivity index (χ2n) is 2.70. The molecule has 0 aromatic carbocycles. The summed E-state index contributed by atoms with van der Waals surface area (Å²) < 4.78 is 0. The fraction of sp³-hybridized carbons (Fsp3) is 0.500. The third kappa shape index (κ3) is 1.08. The normalized spacial score (nSPS) is 36.8. The smallest absolute Gasteiger partial charge is 0.0348 e. The fourth-order valence-electron chi connectivity index (χ4n) is 1.39. The average Bonchev–Trinajstić information content (AvgIpc) is 2.28. The maximum atomic E-state index is 3.25. The zero-order valence-electron chi connectivity index (χ0n) is 5.79. The van der Waals surface area contributed by atoms with Crippen LogP contribution in [0.3, 0.4) is 0 Å². The molecule has 0 spiro atoms. The highest BCUT2D eigenvalue weighted by atomic mass is 32.2. The van der Waals surface area contributed by atoms with E-state index in [0.717, 1.165) is 17.7 Å². The van der Waals surface area contributed by atoms with Crippen LogP contribution in [0.15, 0.2) is 23.8 Å². The monoisotopic (exact) mass is 153 g/mol. The first-order chi connectivity index (χ1) is 4.97. The molecule has 10 heavy (non-hydrogen) atoms. The van der Waals surface area contributed by atoms with Gasteiger partial charge in [-0.3, -0.25) is 0 Å². The first-order valence-electron chi connectivity index (χ1n) is 3.69. The lowest BCUT2D eigenvalue weighted by Crippen LogP contribution is -2.10. The van der Waals surface area contributed by atoms with Gasteiger partial charge in [-0.25, -0.2) is 0 Å². The van der Waals surface area contributed by atoms with E-state index < -0.39 is 0 Å². The van der Waals surface area contributed by atoms with Crippen LogP contribution in [-0.4, -0.2) is 11.8 Å². The summed E-state index contributed by atoms with van der Waals surface area (Å²) in [5.74, 6) is 0.788. The molecule has 0 saturated heterocycles. The second kappa shape index (κ2) is 2.70. The van der Waals surface area contributed by atoms with E-state index in [1.807, 2.05) is 11.8 Å². The van der Waals surface area contributed by atoms with Gasteiger partial charge in [-0.1, -0.05) is 12.2 Å². The van der Waals surface area contributed by atoms with Gasteiger partial charge in [0, 0.05) is 11.8 Å². The molecule has 0 bridgehead atoms. The molecule has 2 heteroatoms. The van der Waals surface area contributed by atoms with Crippen LogP contribution in [0.25, 0.3) is 0 Å². The molecule has 0 fully saturated rings. The SMILES string of the molecule is C1=CC2SC=CC2CCN1. The Morgan fingerprint density at radius 1 is 1.40 bits per heavy atom. The molecule has 0 radical (unpaired) electrons. The van der Waals surface area contributed by atoms with Crippen LogP contribution in [-0.2, 0) is 0 Å². The van der Waals surface area contributed by atoms with Gasteiger partial charge in [-0.2, -0.15) is 0 Å². The van der Waals surface area contributed by atoms with Crippen LogP contribution >= 0.6 is 11.8 Å². The molecule has 2 heterocycles. The van der Waals surface area contributed by atoms with Gasteiger partial charge in [0.15, 0.2) is 0 Å². The molecule has 2 unspecified atom stereocenters. The molecular formula is C8H11NS. The largest absolute Gasteiger partial charge is 0.391 e. The van der Waals surface area contributed by atoms with Crippen molar-refractivity contribution in [3.8, 4) is 0 Å². The molecule has 0 saturated carbocycles. The number of hydrogen-bond donors (Lipinski definition) is 1. The van der Waals surface area contributed by atoms with Gasteiger partial charge in [0.25, 0.3) is 0 Å². The van der Waals surface area contributed by atoms with Crippen LogP contribution in [0, 0.1) is 5.92 Å². The minimum atomic E-state index is 0.718. The number of fused-ring (bicyclic) bond motifs is 1. The van der Waals surface area contributed by atoms with E-state index in [-0.39, 0.29) is 0 Å². The van der Waals surface area contributed by atoms with Crippen LogP contribution in [0.2, 0.25) is 0 Å². The Morgan fingerprint density at radius 2 is 2.40 bits per heavy atom. The van der Waals surface area contributed by atoms with Gasteiger partial charge in [0.1, 0.15) is 0 Å². The van der Waals surface area contributed by atoms with Gasteiger partial charge in [-0.05, 0) is 23.9 Å². The molecule has 2 rings (SSSR count). The highest BCUT2D eigenvalue weighted by molar-refractivity contribution is 8.03. The van der Waals surface area contributed by atoms with Crippen molar-refractivity contribution in [2.24, 2.45) is 5.92 Å². The fourth-order valence-corrected chi connectivity index (χ4v) is 2.46. The second-order valence-corrected chi connectivity index (χ2v) is 3.78. The summed E-state index contributed by atoms with van der Waals surface area (Å²) in [6.45, 7) is 1.13. The Balaban J connectivity index is 2.10. The van der Waals surface area contributed by atoms with Gasteiger partial charge in [-0.15, -0.1) is 11.8 Å². The highest BCUT2D eigenvalue weighted by Crippen LogP contribution is 2.33. The number of rotatable bonds is 0. The lowest BCUT2D eigenvalue weighted by Gasteiger charge is -2.10. The third-order valence-corrected chi connectivity index (χ3v) is 3.14. The van der Waals surface area contributed by atoms with Crippen LogP contribution < -0.4 is 5.32 Å². The molecule has 54 valence electrons. The molecule has 2 aliphatic rings. The molecule has 0 aliphatic carbocycles. The van der Waals surface area contributed by atoms with Crippen molar-refractivity contribution in [3.05, 3.63) is 23.8 Å². The topological polar surface area (TPSA) is 12.0 Å². The van der Waals surface area contributed by atoms with E-state index in [1.165, 1.54) is 6.42 Å². The Bertz CT molecular complexity index is 174. The van der Waals surface area contributed by atoms with Crippen molar-refractivity contribution in [2.45, 2.75) is 11.7 Å². The number of nitrogens with one attached hydrogen (secondary N) is 1. The summed E-state index contributed by atoms with van der Waals surface area (Å²) >= 11 is 1.93. The Morgan fingerprint density at radius 3 is 3.40 bits per heavy atom. The van der Waals surface area contributed by atoms with Crippen molar-refractivity contribution in [3.63, 3.8) is 0 Å². The predicted octanol–water partition coefficient (Wildman–Crippen LogP) is 1.74. The van der Waals surface area contributed by atoms with E-state index in [9.17, 15) is 0 Å². The molecule has 2 aliphatic heterocycles. The van der Waals surface area contributed by atoms with E-state index in [2.05, 4.69) is 29.1 Å². The maximum Gasteiger partial charge on any atom is 0.0348 e. The summed E-state index contributed by atoms with van der Waals surface area (Å²) in [5.41, 5.74) is 0. The molecule has 2 atom stereocenters. The van der Waals surface area contributed by atoms with Crippen molar-refractivity contribution < 1.29 is 0 Å². The summed E-state index contributed by atoms with van der Waals surface area (Å²) in [5, 5.41) is 6.19. The van der Waals surface area contributed by atoms with Crippen LogP contribution in [0.5, 0.6) is 0 Å². The minimum absolute atomic E-state index is 0.718. The van der Waals surface area contributed by atoms with Gasteiger partial charge in [0.2, 0.25) is 0 Å². The van der Waals surface area contributed by atoms with Crippen molar-refractivity contribution in [1.29, 1.82) is 0 Å². The summed E-state index contributed by atoms with van der Waals surface area (Å²) in [7, 11) is 0. The van der Waals surface area contributed by atoms with Crippen LogP contribution in [0.4, 0.5) is 0 Å². The summed E-state index contributed by atoms with van der Waals surface area (Å²) in [4.78, 5) is 0. The van der Waals surface area contributed by atoms with Gasteiger partial charge < -0.3 is 5.32 Å². The first-order valence-corrected chi connectivity index (χ1v) is 4.63. The van der Waals surface area contributed by atoms with E-state index in [1.54, 1.807) is 0 Å². The molecule has 0 aromatic heterocycles. The minimum Gasteiger partial charge on any atom is -0.391 e. The number of thioether (sulfide) groups is 1. The summed E-state index contributed by atoms with van der Waals surface area (Å²) in [6, 6.07) is 0. The maximum absolute atomic E-state index is 3.25. The molecule has 1 nitrogen and oxygen atoms in total. The Labute approximate surface area is 65.6 Å². The van der Waals surface area contributed by atoms with Crippen molar-refractivity contribution in [1.82, 2.24) is 5.32 Å². The summed E-state index contributed by atoms with van der Waals surface area (Å²) in [6.07, 6.45) is 7.96. The number of allylic oxidation sites excluding steroid dienone is 1.